The van der Waals surface area contributed by atoms with Crippen LogP contribution in [0.3, 0.4) is 0 Å². The van der Waals surface area contributed by atoms with Gasteiger partial charge in [-0.15, -0.1) is 0 Å². The van der Waals surface area contributed by atoms with Crippen LogP contribution in [-0.4, -0.2) is 14.7 Å². The van der Waals surface area contributed by atoms with E-state index in [1.807, 2.05) is 26.8 Å². The highest BCUT2D eigenvalue weighted by Gasteiger charge is 2.23. The van der Waals surface area contributed by atoms with Gasteiger partial charge in [-0.25, -0.2) is 8.42 Å². The van der Waals surface area contributed by atoms with Crippen LogP contribution in [-0.2, 0) is 9.84 Å². The van der Waals surface area contributed by atoms with Gasteiger partial charge in [-0.1, -0.05) is 32.9 Å². The molecule has 0 heterocycles. The van der Waals surface area contributed by atoms with E-state index >= 15 is 0 Å². The van der Waals surface area contributed by atoms with Gasteiger partial charge in [-0.05, 0) is 23.1 Å². The Balaban J connectivity index is 3.19. The zero-order valence-electron chi connectivity index (χ0n) is 10.2. The van der Waals surface area contributed by atoms with Gasteiger partial charge < -0.3 is 5.73 Å². The molecule has 0 saturated carbocycles. The molecule has 0 spiro atoms. The van der Waals surface area contributed by atoms with Crippen LogP contribution in [0.15, 0.2) is 29.2 Å². The lowest BCUT2D eigenvalue weighted by Crippen LogP contribution is -2.26. The summed E-state index contributed by atoms with van der Waals surface area (Å²) in [5.74, 6) is 0. The van der Waals surface area contributed by atoms with Crippen LogP contribution in [0.1, 0.15) is 32.4 Å². The van der Waals surface area contributed by atoms with Gasteiger partial charge in [0.05, 0.1) is 4.90 Å². The molecule has 2 N–H and O–H groups in total. The largest absolute Gasteiger partial charge is 0.324 e. The van der Waals surface area contributed by atoms with Crippen molar-refractivity contribution in [1.29, 1.82) is 0 Å². The SMILES string of the molecule is CC(C)(C)C(N)c1cccc(S(C)(=O)=O)c1. The lowest BCUT2D eigenvalue weighted by molar-refractivity contribution is 0.326. The molecule has 1 unspecified atom stereocenters. The molecule has 0 aliphatic heterocycles. The summed E-state index contributed by atoms with van der Waals surface area (Å²) in [4.78, 5) is 0.324. The third kappa shape index (κ3) is 3.06. The molecular weight excluding hydrogens is 222 g/mol. The van der Waals surface area contributed by atoms with Gasteiger partial charge in [0.2, 0.25) is 0 Å². The number of sulfone groups is 1. The van der Waals surface area contributed by atoms with Crippen LogP contribution >= 0.6 is 0 Å². The van der Waals surface area contributed by atoms with Gasteiger partial charge >= 0.3 is 0 Å². The molecule has 1 aromatic carbocycles. The van der Waals surface area contributed by atoms with Crippen molar-refractivity contribution in [2.24, 2.45) is 11.1 Å². The van der Waals surface area contributed by atoms with Gasteiger partial charge in [0.15, 0.2) is 9.84 Å². The normalized spacial score (nSPS) is 14.8. The molecule has 16 heavy (non-hydrogen) atoms. The molecule has 0 bridgehead atoms. The highest BCUT2D eigenvalue weighted by molar-refractivity contribution is 7.90. The maximum atomic E-state index is 11.4. The summed E-state index contributed by atoms with van der Waals surface area (Å²) in [6, 6.07) is 6.68. The van der Waals surface area contributed by atoms with E-state index in [4.69, 9.17) is 5.73 Å². The molecule has 3 nitrogen and oxygen atoms in total. The zero-order chi connectivity index (χ0) is 12.6. The van der Waals surface area contributed by atoms with Gasteiger partial charge in [-0.2, -0.15) is 0 Å². The van der Waals surface area contributed by atoms with Crippen molar-refractivity contribution < 1.29 is 8.42 Å². The standard InChI is InChI=1S/C12H19NO2S/c1-12(2,3)11(13)9-6-5-7-10(8-9)16(4,14)15/h5-8,11H,13H2,1-4H3. The average Bonchev–Trinajstić information content (AvgIpc) is 2.14. The summed E-state index contributed by atoms with van der Waals surface area (Å²) < 4.78 is 22.8. The second kappa shape index (κ2) is 4.18. The summed E-state index contributed by atoms with van der Waals surface area (Å²) in [7, 11) is -3.16. The smallest absolute Gasteiger partial charge is 0.175 e. The second-order valence-electron chi connectivity index (χ2n) is 5.19. The summed E-state index contributed by atoms with van der Waals surface area (Å²) in [6.45, 7) is 6.10. The van der Waals surface area contributed by atoms with Gasteiger partial charge in [-0.3, -0.25) is 0 Å². The van der Waals surface area contributed by atoms with E-state index in [2.05, 4.69) is 0 Å². The van der Waals surface area contributed by atoms with Crippen molar-refractivity contribution in [3.63, 3.8) is 0 Å². The Morgan fingerprint density at radius 2 is 1.81 bits per heavy atom. The fourth-order valence-corrected chi connectivity index (χ4v) is 2.11. The molecule has 0 saturated heterocycles. The third-order valence-corrected chi connectivity index (χ3v) is 3.69. The van der Waals surface area contributed by atoms with Gasteiger partial charge in [0.25, 0.3) is 0 Å². The van der Waals surface area contributed by atoms with Crippen molar-refractivity contribution >= 4 is 9.84 Å². The van der Waals surface area contributed by atoms with E-state index in [0.717, 1.165) is 5.56 Å². The van der Waals surface area contributed by atoms with E-state index in [-0.39, 0.29) is 11.5 Å². The fourth-order valence-electron chi connectivity index (χ4n) is 1.44. The molecule has 4 heteroatoms. The molecule has 0 aromatic heterocycles. The molecule has 0 aliphatic rings. The minimum atomic E-state index is -3.16. The Kier molecular flexibility index (Phi) is 3.45. The van der Waals surface area contributed by atoms with Crippen molar-refractivity contribution in [2.45, 2.75) is 31.7 Å². The van der Waals surface area contributed by atoms with E-state index in [0.29, 0.717) is 4.90 Å². The van der Waals surface area contributed by atoms with Gasteiger partial charge in [0, 0.05) is 12.3 Å². The van der Waals surface area contributed by atoms with E-state index in [1.54, 1.807) is 18.2 Å². The Morgan fingerprint density at radius 1 is 1.25 bits per heavy atom. The van der Waals surface area contributed by atoms with Gasteiger partial charge in [0.1, 0.15) is 0 Å². The first kappa shape index (κ1) is 13.2. The van der Waals surface area contributed by atoms with Crippen LogP contribution in [0.2, 0.25) is 0 Å². The molecule has 0 radical (unpaired) electrons. The molecule has 0 amide bonds. The van der Waals surface area contributed by atoms with E-state index in [9.17, 15) is 8.42 Å². The first-order valence-electron chi connectivity index (χ1n) is 5.18. The second-order valence-corrected chi connectivity index (χ2v) is 7.20. The first-order valence-corrected chi connectivity index (χ1v) is 7.07. The zero-order valence-corrected chi connectivity index (χ0v) is 11.0. The number of nitrogens with two attached hydrogens (primary N) is 1. The number of rotatable bonds is 2. The van der Waals surface area contributed by atoms with Crippen LogP contribution < -0.4 is 5.73 Å². The molecule has 90 valence electrons. The van der Waals surface area contributed by atoms with Crippen molar-refractivity contribution in [2.75, 3.05) is 6.26 Å². The number of benzene rings is 1. The average molecular weight is 241 g/mol. The van der Waals surface area contributed by atoms with E-state index < -0.39 is 9.84 Å². The maximum Gasteiger partial charge on any atom is 0.175 e. The molecule has 1 atom stereocenters. The van der Waals surface area contributed by atoms with Crippen LogP contribution in [0.4, 0.5) is 0 Å². The Labute approximate surface area is 97.6 Å². The van der Waals surface area contributed by atoms with E-state index in [1.165, 1.54) is 6.26 Å². The highest BCUT2D eigenvalue weighted by atomic mass is 32.2. The van der Waals surface area contributed by atoms with Crippen molar-refractivity contribution in [1.82, 2.24) is 0 Å². The summed E-state index contributed by atoms with van der Waals surface area (Å²) in [5.41, 5.74) is 6.86. The Hall–Kier alpha value is -0.870. The molecule has 1 rings (SSSR count). The van der Waals surface area contributed by atoms with Crippen LogP contribution in [0.25, 0.3) is 0 Å². The molecule has 0 fully saturated rings. The topological polar surface area (TPSA) is 60.2 Å². The summed E-state index contributed by atoms with van der Waals surface area (Å²) >= 11 is 0. The lowest BCUT2D eigenvalue weighted by atomic mass is 9.83. The van der Waals surface area contributed by atoms with Crippen molar-refractivity contribution in [3.05, 3.63) is 29.8 Å². The quantitative estimate of drug-likeness (QED) is 0.863. The minimum absolute atomic E-state index is 0.0872. The summed E-state index contributed by atoms with van der Waals surface area (Å²) in [6.07, 6.45) is 1.20. The monoisotopic (exact) mass is 241 g/mol. The Morgan fingerprint density at radius 3 is 2.25 bits per heavy atom. The summed E-state index contributed by atoms with van der Waals surface area (Å²) in [5, 5.41) is 0. The molecular formula is C12H19NO2S. The maximum absolute atomic E-state index is 11.4. The van der Waals surface area contributed by atoms with Crippen LogP contribution in [0.5, 0.6) is 0 Å². The fraction of sp³-hybridized carbons (Fsp3) is 0.500. The van der Waals surface area contributed by atoms with Crippen LogP contribution in [0, 0.1) is 5.41 Å². The minimum Gasteiger partial charge on any atom is -0.324 e. The Bertz CT molecular complexity index is 472. The first-order chi connectivity index (χ1) is 7.12. The third-order valence-electron chi connectivity index (χ3n) is 2.58. The van der Waals surface area contributed by atoms with Crippen molar-refractivity contribution in [3.8, 4) is 0 Å². The molecule has 1 aromatic rings. The highest BCUT2D eigenvalue weighted by Crippen LogP contribution is 2.31. The molecule has 0 aliphatic carbocycles. The predicted octanol–water partition coefficient (Wildman–Crippen LogP) is 2.14. The number of hydrogen-bond acceptors (Lipinski definition) is 3. The predicted molar refractivity (Wildman–Crippen MR) is 65.9 cm³/mol. The number of hydrogen-bond donors (Lipinski definition) is 1. The lowest BCUT2D eigenvalue weighted by Gasteiger charge is -2.27.